The molecule has 0 amide bonds. The van der Waals surface area contributed by atoms with Crippen molar-refractivity contribution in [3.05, 3.63) is 47.9 Å². The predicted octanol–water partition coefficient (Wildman–Crippen LogP) is 2.35. The molecular formula is C13H13N3S. The highest BCUT2D eigenvalue weighted by Crippen LogP contribution is 2.16. The molecule has 2 aromatic rings. The van der Waals surface area contributed by atoms with E-state index < -0.39 is 0 Å². The Kier molecular flexibility index (Phi) is 3.44. The summed E-state index contributed by atoms with van der Waals surface area (Å²) in [5.41, 5.74) is 3.70. The fourth-order valence-corrected chi connectivity index (χ4v) is 1.63. The zero-order chi connectivity index (χ0) is 12.3. The number of nitrogens with one attached hydrogen (secondary N) is 1. The molecule has 0 spiro atoms. The molecule has 1 N–H and O–H groups in total. The lowest BCUT2D eigenvalue weighted by molar-refractivity contribution is 1.16. The molecular weight excluding hydrogens is 230 g/mol. The maximum atomic E-state index is 5.11. The minimum absolute atomic E-state index is 0.647. The Labute approximate surface area is 106 Å². The SMILES string of the molecule is CNC(=S)c1ccc(-c2cccc(C)n2)cn1. The van der Waals surface area contributed by atoms with Crippen LogP contribution in [0.1, 0.15) is 11.4 Å². The highest BCUT2D eigenvalue weighted by atomic mass is 32.1. The molecule has 4 heteroatoms. The van der Waals surface area contributed by atoms with Crippen molar-refractivity contribution in [3.8, 4) is 11.3 Å². The summed E-state index contributed by atoms with van der Waals surface area (Å²) in [7, 11) is 1.79. The summed E-state index contributed by atoms with van der Waals surface area (Å²) in [6.07, 6.45) is 1.79. The van der Waals surface area contributed by atoms with Crippen molar-refractivity contribution in [2.45, 2.75) is 6.92 Å². The second kappa shape index (κ2) is 5.01. The average Bonchev–Trinajstić information content (AvgIpc) is 2.38. The Morgan fingerprint density at radius 1 is 1.24 bits per heavy atom. The average molecular weight is 243 g/mol. The second-order valence-electron chi connectivity index (χ2n) is 3.68. The number of rotatable bonds is 2. The van der Waals surface area contributed by atoms with E-state index >= 15 is 0 Å². The van der Waals surface area contributed by atoms with Gasteiger partial charge in [0.25, 0.3) is 0 Å². The molecule has 2 heterocycles. The van der Waals surface area contributed by atoms with E-state index in [-0.39, 0.29) is 0 Å². The lowest BCUT2D eigenvalue weighted by Gasteiger charge is -2.04. The van der Waals surface area contributed by atoms with Crippen LogP contribution in [0.15, 0.2) is 36.5 Å². The monoisotopic (exact) mass is 243 g/mol. The van der Waals surface area contributed by atoms with Crippen LogP contribution in [0.25, 0.3) is 11.3 Å². The number of pyridine rings is 2. The smallest absolute Gasteiger partial charge is 0.125 e. The van der Waals surface area contributed by atoms with Crippen molar-refractivity contribution < 1.29 is 0 Å². The molecule has 3 nitrogen and oxygen atoms in total. The maximum absolute atomic E-state index is 5.11. The zero-order valence-corrected chi connectivity index (χ0v) is 10.6. The van der Waals surface area contributed by atoms with E-state index in [2.05, 4.69) is 15.3 Å². The number of aromatic nitrogens is 2. The van der Waals surface area contributed by atoms with E-state index in [4.69, 9.17) is 12.2 Å². The fourth-order valence-electron chi connectivity index (χ4n) is 1.51. The Balaban J connectivity index is 2.32. The molecule has 0 saturated heterocycles. The summed E-state index contributed by atoms with van der Waals surface area (Å²) in [6, 6.07) is 9.82. The van der Waals surface area contributed by atoms with Crippen molar-refractivity contribution in [1.82, 2.24) is 15.3 Å². The molecule has 0 unspecified atom stereocenters. The molecule has 86 valence electrons. The van der Waals surface area contributed by atoms with Gasteiger partial charge in [-0.2, -0.15) is 0 Å². The van der Waals surface area contributed by atoms with Crippen LogP contribution < -0.4 is 5.32 Å². The Morgan fingerprint density at radius 2 is 2.06 bits per heavy atom. The molecule has 0 saturated carbocycles. The van der Waals surface area contributed by atoms with Crippen LogP contribution in [0.5, 0.6) is 0 Å². The summed E-state index contributed by atoms with van der Waals surface area (Å²) < 4.78 is 0. The normalized spacial score (nSPS) is 10.0. The minimum atomic E-state index is 0.647. The summed E-state index contributed by atoms with van der Waals surface area (Å²) in [5.74, 6) is 0. The molecule has 0 bridgehead atoms. The van der Waals surface area contributed by atoms with Gasteiger partial charge in [0.1, 0.15) is 4.99 Å². The third-order valence-corrected chi connectivity index (χ3v) is 2.82. The van der Waals surface area contributed by atoms with Crippen LogP contribution in [0.4, 0.5) is 0 Å². The van der Waals surface area contributed by atoms with Gasteiger partial charge in [0.05, 0.1) is 11.4 Å². The number of aryl methyl sites for hydroxylation is 1. The number of hydrogen-bond acceptors (Lipinski definition) is 3. The van der Waals surface area contributed by atoms with Gasteiger partial charge in [0.15, 0.2) is 0 Å². The molecule has 0 aliphatic carbocycles. The first kappa shape index (κ1) is 11.7. The first-order valence-electron chi connectivity index (χ1n) is 5.33. The second-order valence-corrected chi connectivity index (χ2v) is 4.08. The third-order valence-electron chi connectivity index (χ3n) is 2.41. The first-order valence-corrected chi connectivity index (χ1v) is 5.73. The van der Waals surface area contributed by atoms with E-state index in [0.29, 0.717) is 4.99 Å². The van der Waals surface area contributed by atoms with E-state index in [1.807, 2.05) is 37.3 Å². The van der Waals surface area contributed by atoms with E-state index in [1.165, 1.54) is 0 Å². The van der Waals surface area contributed by atoms with E-state index in [0.717, 1.165) is 22.6 Å². The minimum Gasteiger partial charge on any atom is -0.378 e. The van der Waals surface area contributed by atoms with Gasteiger partial charge >= 0.3 is 0 Å². The molecule has 0 aromatic carbocycles. The van der Waals surface area contributed by atoms with Crippen LogP contribution in [-0.4, -0.2) is 22.0 Å². The first-order chi connectivity index (χ1) is 8.20. The van der Waals surface area contributed by atoms with E-state index in [1.54, 1.807) is 13.2 Å². The van der Waals surface area contributed by atoms with Gasteiger partial charge in [0.2, 0.25) is 0 Å². The molecule has 17 heavy (non-hydrogen) atoms. The zero-order valence-electron chi connectivity index (χ0n) is 9.77. The van der Waals surface area contributed by atoms with Crippen LogP contribution in [0.2, 0.25) is 0 Å². The van der Waals surface area contributed by atoms with Crippen LogP contribution in [0.3, 0.4) is 0 Å². The molecule has 2 rings (SSSR count). The number of nitrogens with zero attached hydrogens (tertiary/aromatic N) is 2. The van der Waals surface area contributed by atoms with Gasteiger partial charge in [-0.05, 0) is 31.2 Å². The molecule has 0 radical (unpaired) electrons. The Morgan fingerprint density at radius 3 is 2.65 bits per heavy atom. The molecule has 0 atom stereocenters. The van der Waals surface area contributed by atoms with Gasteiger partial charge in [-0.1, -0.05) is 18.3 Å². The fraction of sp³-hybridized carbons (Fsp3) is 0.154. The van der Waals surface area contributed by atoms with Crippen molar-refractivity contribution in [2.75, 3.05) is 7.05 Å². The molecule has 2 aromatic heterocycles. The maximum Gasteiger partial charge on any atom is 0.125 e. The van der Waals surface area contributed by atoms with Crippen molar-refractivity contribution >= 4 is 17.2 Å². The van der Waals surface area contributed by atoms with Gasteiger partial charge < -0.3 is 5.32 Å². The highest BCUT2D eigenvalue weighted by molar-refractivity contribution is 7.80. The molecule has 0 fully saturated rings. The molecule has 0 aliphatic rings. The van der Waals surface area contributed by atoms with Gasteiger partial charge in [-0.3, -0.25) is 9.97 Å². The lowest BCUT2D eigenvalue weighted by atomic mass is 10.1. The third kappa shape index (κ3) is 2.65. The van der Waals surface area contributed by atoms with Crippen molar-refractivity contribution in [2.24, 2.45) is 0 Å². The Hall–Kier alpha value is -1.81. The van der Waals surface area contributed by atoms with Crippen LogP contribution >= 0.6 is 12.2 Å². The standard InChI is InChI=1S/C13H13N3S/c1-9-4-3-5-11(16-9)10-6-7-12(15-8-10)13(17)14-2/h3-8H,1-2H3,(H,14,17). The number of thiocarbonyl (C=S) groups is 1. The van der Waals surface area contributed by atoms with Crippen LogP contribution in [-0.2, 0) is 0 Å². The molecule has 0 aliphatic heterocycles. The predicted molar refractivity (Wildman–Crippen MR) is 73.0 cm³/mol. The largest absolute Gasteiger partial charge is 0.378 e. The van der Waals surface area contributed by atoms with Crippen molar-refractivity contribution in [3.63, 3.8) is 0 Å². The summed E-state index contributed by atoms with van der Waals surface area (Å²) in [4.78, 5) is 9.41. The van der Waals surface area contributed by atoms with Crippen molar-refractivity contribution in [1.29, 1.82) is 0 Å². The topological polar surface area (TPSA) is 37.8 Å². The lowest BCUT2D eigenvalue weighted by Crippen LogP contribution is -2.17. The van der Waals surface area contributed by atoms with E-state index in [9.17, 15) is 0 Å². The number of hydrogen-bond donors (Lipinski definition) is 1. The van der Waals surface area contributed by atoms with Gasteiger partial charge in [0, 0.05) is 24.5 Å². The summed E-state index contributed by atoms with van der Waals surface area (Å²) in [6.45, 7) is 1.97. The highest BCUT2D eigenvalue weighted by Gasteiger charge is 2.03. The quantitative estimate of drug-likeness (QED) is 0.822. The van der Waals surface area contributed by atoms with Crippen LogP contribution in [0, 0.1) is 6.92 Å². The van der Waals surface area contributed by atoms with Gasteiger partial charge in [-0.25, -0.2) is 0 Å². The summed E-state index contributed by atoms with van der Waals surface area (Å²) >= 11 is 5.11. The summed E-state index contributed by atoms with van der Waals surface area (Å²) in [5, 5.41) is 2.90. The Bertz CT molecular complexity index is 535. The van der Waals surface area contributed by atoms with Gasteiger partial charge in [-0.15, -0.1) is 0 Å².